The van der Waals surface area contributed by atoms with Crippen molar-refractivity contribution in [3.8, 4) is 5.75 Å². The minimum atomic E-state index is 0.164. The van der Waals surface area contributed by atoms with E-state index in [1.165, 1.54) is 5.56 Å². The molecule has 0 bridgehead atoms. The lowest BCUT2D eigenvalue weighted by atomic mass is 9.87. The van der Waals surface area contributed by atoms with Crippen molar-refractivity contribution < 1.29 is 4.74 Å². The van der Waals surface area contributed by atoms with E-state index in [0.717, 1.165) is 11.4 Å². The van der Waals surface area contributed by atoms with Crippen LogP contribution in [0.25, 0.3) is 0 Å². The van der Waals surface area contributed by atoms with Gasteiger partial charge in [-0.15, -0.1) is 16.7 Å². The van der Waals surface area contributed by atoms with Crippen LogP contribution in [-0.4, -0.2) is 21.6 Å². The summed E-state index contributed by atoms with van der Waals surface area (Å²) in [4.78, 5) is 0. The highest BCUT2D eigenvalue weighted by molar-refractivity contribution is 6.16. The van der Waals surface area contributed by atoms with Crippen LogP contribution in [0.4, 0.5) is 0 Å². The standard InChI is InChI=1S/C15H20ClN3O/c1-15(2,3)12-4-6-14(7-5-12)20-9-8-19-11-13(10-16)17-18-19/h4-7,11H,8-10H2,1-3H3. The van der Waals surface area contributed by atoms with Gasteiger partial charge in [0.05, 0.1) is 18.1 Å². The van der Waals surface area contributed by atoms with Crippen LogP contribution >= 0.6 is 11.6 Å². The summed E-state index contributed by atoms with van der Waals surface area (Å²) in [6.45, 7) is 7.80. The van der Waals surface area contributed by atoms with Crippen LogP contribution in [0.2, 0.25) is 0 Å². The maximum Gasteiger partial charge on any atom is 0.119 e. The zero-order valence-electron chi connectivity index (χ0n) is 12.1. The van der Waals surface area contributed by atoms with Crippen molar-refractivity contribution in [2.24, 2.45) is 0 Å². The van der Waals surface area contributed by atoms with Crippen molar-refractivity contribution in [3.63, 3.8) is 0 Å². The summed E-state index contributed by atoms with van der Waals surface area (Å²) in [6.07, 6.45) is 1.83. The van der Waals surface area contributed by atoms with Gasteiger partial charge in [0.15, 0.2) is 0 Å². The largest absolute Gasteiger partial charge is 0.492 e. The zero-order valence-corrected chi connectivity index (χ0v) is 12.9. The quantitative estimate of drug-likeness (QED) is 0.793. The van der Waals surface area contributed by atoms with Gasteiger partial charge in [-0.1, -0.05) is 38.1 Å². The summed E-state index contributed by atoms with van der Waals surface area (Å²) < 4.78 is 7.44. The van der Waals surface area contributed by atoms with Crippen LogP contribution < -0.4 is 4.74 Å². The Kier molecular flexibility index (Phi) is 4.65. The molecule has 0 aliphatic carbocycles. The van der Waals surface area contributed by atoms with E-state index in [0.29, 0.717) is 19.0 Å². The number of ether oxygens (including phenoxy) is 1. The average molecular weight is 294 g/mol. The molecule has 1 aromatic carbocycles. The third-order valence-electron chi connectivity index (χ3n) is 3.03. The molecule has 5 heteroatoms. The molecule has 2 aromatic rings. The fraction of sp³-hybridized carbons (Fsp3) is 0.467. The van der Waals surface area contributed by atoms with Gasteiger partial charge >= 0.3 is 0 Å². The molecule has 0 amide bonds. The third kappa shape index (κ3) is 3.97. The maximum absolute atomic E-state index is 5.70. The number of hydrogen-bond acceptors (Lipinski definition) is 3. The summed E-state index contributed by atoms with van der Waals surface area (Å²) in [6, 6.07) is 8.23. The molecule has 20 heavy (non-hydrogen) atoms. The summed E-state index contributed by atoms with van der Waals surface area (Å²) >= 11 is 5.67. The minimum Gasteiger partial charge on any atom is -0.492 e. The second-order valence-electron chi connectivity index (χ2n) is 5.73. The van der Waals surface area contributed by atoms with Gasteiger partial charge in [-0.3, -0.25) is 0 Å². The van der Waals surface area contributed by atoms with Crippen molar-refractivity contribution >= 4 is 11.6 Å². The van der Waals surface area contributed by atoms with Crippen LogP contribution in [0, 0.1) is 0 Å². The molecular formula is C15H20ClN3O. The Hall–Kier alpha value is -1.55. The van der Waals surface area contributed by atoms with Gasteiger partial charge in [-0.25, -0.2) is 4.68 Å². The van der Waals surface area contributed by atoms with Gasteiger partial charge in [0.25, 0.3) is 0 Å². The number of benzene rings is 1. The molecule has 0 unspecified atom stereocenters. The number of halogens is 1. The minimum absolute atomic E-state index is 0.164. The number of alkyl halides is 1. The molecule has 2 rings (SSSR count). The second-order valence-corrected chi connectivity index (χ2v) is 6.00. The normalized spacial score (nSPS) is 11.6. The van der Waals surface area contributed by atoms with E-state index >= 15 is 0 Å². The van der Waals surface area contributed by atoms with Crippen molar-refractivity contribution in [2.45, 2.75) is 38.6 Å². The molecule has 0 atom stereocenters. The highest BCUT2D eigenvalue weighted by Crippen LogP contribution is 2.24. The molecule has 0 N–H and O–H groups in total. The lowest BCUT2D eigenvalue weighted by Gasteiger charge is -2.19. The fourth-order valence-electron chi connectivity index (χ4n) is 1.82. The monoisotopic (exact) mass is 293 g/mol. The molecule has 0 saturated heterocycles. The molecule has 0 spiro atoms. The molecule has 0 saturated carbocycles. The molecule has 108 valence electrons. The number of hydrogen-bond donors (Lipinski definition) is 0. The van der Waals surface area contributed by atoms with Gasteiger partial charge in [0, 0.05) is 6.20 Å². The molecule has 0 aliphatic rings. The van der Waals surface area contributed by atoms with Crippen LogP contribution in [0.5, 0.6) is 5.75 Å². The molecule has 0 aliphatic heterocycles. The van der Waals surface area contributed by atoms with E-state index in [-0.39, 0.29) is 5.41 Å². The van der Waals surface area contributed by atoms with E-state index in [4.69, 9.17) is 16.3 Å². The Labute approximate surface area is 124 Å². The van der Waals surface area contributed by atoms with Gasteiger partial charge in [0.1, 0.15) is 12.4 Å². The Morgan fingerprint density at radius 3 is 2.45 bits per heavy atom. The van der Waals surface area contributed by atoms with E-state index in [9.17, 15) is 0 Å². The Morgan fingerprint density at radius 1 is 1.20 bits per heavy atom. The first-order chi connectivity index (χ1) is 9.49. The summed E-state index contributed by atoms with van der Waals surface area (Å²) in [5.74, 6) is 1.26. The number of rotatable bonds is 5. The van der Waals surface area contributed by atoms with Crippen molar-refractivity contribution in [1.29, 1.82) is 0 Å². The average Bonchev–Trinajstić information content (AvgIpc) is 2.86. The van der Waals surface area contributed by atoms with Gasteiger partial charge in [-0.05, 0) is 23.1 Å². The van der Waals surface area contributed by atoms with Crippen molar-refractivity contribution in [1.82, 2.24) is 15.0 Å². The zero-order chi connectivity index (χ0) is 14.6. The number of aromatic nitrogens is 3. The smallest absolute Gasteiger partial charge is 0.119 e. The van der Waals surface area contributed by atoms with Crippen LogP contribution in [0.15, 0.2) is 30.5 Å². The number of nitrogens with zero attached hydrogens (tertiary/aromatic N) is 3. The highest BCUT2D eigenvalue weighted by atomic mass is 35.5. The first-order valence-corrected chi connectivity index (χ1v) is 7.21. The third-order valence-corrected chi connectivity index (χ3v) is 3.31. The van der Waals surface area contributed by atoms with Crippen LogP contribution in [-0.2, 0) is 17.8 Å². The van der Waals surface area contributed by atoms with Gasteiger partial charge in [0.2, 0.25) is 0 Å². The van der Waals surface area contributed by atoms with E-state index in [1.807, 2.05) is 18.3 Å². The Balaban J connectivity index is 1.85. The van der Waals surface area contributed by atoms with Gasteiger partial charge < -0.3 is 4.74 Å². The van der Waals surface area contributed by atoms with Crippen LogP contribution in [0.3, 0.4) is 0 Å². The first-order valence-electron chi connectivity index (χ1n) is 6.67. The molecule has 1 heterocycles. The molecular weight excluding hydrogens is 274 g/mol. The molecule has 1 aromatic heterocycles. The maximum atomic E-state index is 5.70. The van der Waals surface area contributed by atoms with Crippen molar-refractivity contribution in [2.75, 3.05) is 6.61 Å². The fourth-order valence-corrected chi connectivity index (χ4v) is 1.94. The van der Waals surface area contributed by atoms with E-state index in [2.05, 4.69) is 43.2 Å². The molecule has 0 fully saturated rings. The topological polar surface area (TPSA) is 39.9 Å². The second kappa shape index (κ2) is 6.27. The van der Waals surface area contributed by atoms with Crippen molar-refractivity contribution in [3.05, 3.63) is 41.7 Å². The Morgan fingerprint density at radius 2 is 1.90 bits per heavy atom. The SMILES string of the molecule is CC(C)(C)c1ccc(OCCn2cc(CCl)nn2)cc1. The van der Waals surface area contributed by atoms with E-state index in [1.54, 1.807) is 4.68 Å². The summed E-state index contributed by atoms with van der Waals surface area (Å²) in [7, 11) is 0. The van der Waals surface area contributed by atoms with E-state index < -0.39 is 0 Å². The molecule has 0 radical (unpaired) electrons. The van der Waals surface area contributed by atoms with Gasteiger partial charge in [-0.2, -0.15) is 0 Å². The summed E-state index contributed by atoms with van der Waals surface area (Å²) in [5, 5.41) is 7.89. The molecule has 4 nitrogen and oxygen atoms in total. The van der Waals surface area contributed by atoms with Crippen LogP contribution in [0.1, 0.15) is 32.0 Å². The Bertz CT molecular complexity index is 543. The predicted molar refractivity (Wildman–Crippen MR) is 80.2 cm³/mol. The predicted octanol–water partition coefficient (Wildman–Crippen LogP) is 3.39. The highest BCUT2D eigenvalue weighted by Gasteiger charge is 2.12. The lowest BCUT2D eigenvalue weighted by molar-refractivity contribution is 0.289. The first kappa shape index (κ1) is 14.9. The summed E-state index contributed by atoms with van der Waals surface area (Å²) in [5.41, 5.74) is 2.24. The lowest BCUT2D eigenvalue weighted by Crippen LogP contribution is -2.11.